The molecule has 0 amide bonds. The molecule has 0 radical (unpaired) electrons. The molecule has 0 aliphatic rings. The smallest absolute Gasteiger partial charge is 0.196 e. The SMILES string of the molecule is COc1ccccc1-n1c(SC(C)C)nnc1-c1cccs1. The maximum absolute atomic E-state index is 5.52. The van der Waals surface area contributed by atoms with Gasteiger partial charge in [-0.1, -0.05) is 43.8 Å². The van der Waals surface area contributed by atoms with E-state index in [4.69, 9.17) is 4.74 Å². The molecule has 2 aromatic heterocycles. The number of thiophene rings is 1. The summed E-state index contributed by atoms with van der Waals surface area (Å²) in [5.41, 5.74) is 0.960. The number of aromatic nitrogens is 3. The molecule has 0 fully saturated rings. The predicted molar refractivity (Wildman–Crippen MR) is 92.2 cm³/mol. The third-order valence-electron chi connectivity index (χ3n) is 3.04. The van der Waals surface area contributed by atoms with E-state index >= 15 is 0 Å². The van der Waals surface area contributed by atoms with Crippen LogP contribution in [0.25, 0.3) is 16.4 Å². The second kappa shape index (κ2) is 6.54. The molecule has 3 rings (SSSR count). The van der Waals surface area contributed by atoms with Gasteiger partial charge in [0.15, 0.2) is 11.0 Å². The van der Waals surface area contributed by atoms with E-state index in [-0.39, 0.29) is 0 Å². The molecule has 3 aromatic rings. The molecule has 0 spiro atoms. The molecule has 114 valence electrons. The van der Waals surface area contributed by atoms with Crippen LogP contribution >= 0.6 is 23.1 Å². The number of para-hydroxylation sites is 2. The van der Waals surface area contributed by atoms with Gasteiger partial charge in [-0.3, -0.25) is 4.57 Å². The van der Waals surface area contributed by atoms with Crippen molar-refractivity contribution >= 4 is 23.1 Å². The van der Waals surface area contributed by atoms with Crippen LogP contribution in [0.3, 0.4) is 0 Å². The van der Waals surface area contributed by atoms with E-state index in [1.165, 1.54) is 0 Å². The van der Waals surface area contributed by atoms with Crippen LogP contribution in [0.15, 0.2) is 46.9 Å². The maximum Gasteiger partial charge on any atom is 0.196 e. The van der Waals surface area contributed by atoms with Gasteiger partial charge >= 0.3 is 0 Å². The van der Waals surface area contributed by atoms with Crippen molar-refractivity contribution in [2.75, 3.05) is 7.11 Å². The van der Waals surface area contributed by atoms with Crippen molar-refractivity contribution in [1.29, 1.82) is 0 Å². The van der Waals surface area contributed by atoms with Gasteiger partial charge < -0.3 is 4.74 Å². The monoisotopic (exact) mass is 331 g/mol. The normalized spacial score (nSPS) is 11.1. The minimum atomic E-state index is 0.425. The quantitative estimate of drug-likeness (QED) is 0.645. The van der Waals surface area contributed by atoms with Crippen molar-refractivity contribution in [3.8, 4) is 22.1 Å². The van der Waals surface area contributed by atoms with Crippen molar-refractivity contribution in [3.05, 3.63) is 41.8 Å². The lowest BCUT2D eigenvalue weighted by Gasteiger charge is -2.13. The first-order valence-electron chi connectivity index (χ1n) is 7.00. The first-order chi connectivity index (χ1) is 10.7. The number of thioether (sulfide) groups is 1. The van der Waals surface area contributed by atoms with Crippen molar-refractivity contribution in [2.45, 2.75) is 24.3 Å². The molecule has 0 N–H and O–H groups in total. The van der Waals surface area contributed by atoms with E-state index in [1.807, 2.05) is 35.7 Å². The number of rotatable bonds is 5. The van der Waals surface area contributed by atoms with Crippen molar-refractivity contribution in [2.24, 2.45) is 0 Å². The third kappa shape index (κ3) is 2.89. The van der Waals surface area contributed by atoms with E-state index in [2.05, 4.69) is 34.7 Å². The molecule has 0 aliphatic heterocycles. The molecule has 0 atom stereocenters. The van der Waals surface area contributed by atoms with Crippen LogP contribution in [0.2, 0.25) is 0 Å². The van der Waals surface area contributed by atoms with Crippen molar-refractivity contribution in [1.82, 2.24) is 14.8 Å². The number of methoxy groups -OCH3 is 1. The van der Waals surface area contributed by atoms with Crippen LogP contribution in [0.5, 0.6) is 5.75 Å². The number of nitrogens with zero attached hydrogens (tertiary/aromatic N) is 3. The van der Waals surface area contributed by atoms with Gasteiger partial charge in [0.25, 0.3) is 0 Å². The summed E-state index contributed by atoms with van der Waals surface area (Å²) in [6.45, 7) is 4.30. The van der Waals surface area contributed by atoms with Gasteiger partial charge in [0.2, 0.25) is 0 Å². The van der Waals surface area contributed by atoms with E-state index in [1.54, 1.807) is 30.2 Å². The lowest BCUT2D eigenvalue weighted by molar-refractivity contribution is 0.412. The first kappa shape index (κ1) is 15.1. The Balaban J connectivity index is 2.20. The van der Waals surface area contributed by atoms with Crippen LogP contribution in [0, 0.1) is 0 Å². The Bertz CT molecular complexity index is 751. The molecule has 0 aliphatic carbocycles. The minimum absolute atomic E-state index is 0.425. The first-order valence-corrected chi connectivity index (χ1v) is 8.76. The topological polar surface area (TPSA) is 39.9 Å². The van der Waals surface area contributed by atoms with Gasteiger partial charge in [-0.15, -0.1) is 21.5 Å². The van der Waals surface area contributed by atoms with E-state index in [0.717, 1.165) is 27.3 Å². The largest absolute Gasteiger partial charge is 0.495 e. The fraction of sp³-hybridized carbons (Fsp3) is 0.250. The number of hydrogen-bond acceptors (Lipinski definition) is 5. The zero-order valence-electron chi connectivity index (χ0n) is 12.7. The van der Waals surface area contributed by atoms with E-state index in [9.17, 15) is 0 Å². The Labute approximate surface area is 138 Å². The third-order valence-corrected chi connectivity index (χ3v) is 4.85. The lowest BCUT2D eigenvalue weighted by Crippen LogP contribution is -2.03. The molecule has 0 saturated heterocycles. The molecule has 6 heteroatoms. The van der Waals surface area contributed by atoms with Gasteiger partial charge in [0.1, 0.15) is 5.75 Å². The van der Waals surface area contributed by atoms with E-state index in [0.29, 0.717) is 5.25 Å². The Hall–Kier alpha value is -1.79. The average molecular weight is 331 g/mol. The fourth-order valence-electron chi connectivity index (χ4n) is 2.15. The van der Waals surface area contributed by atoms with Gasteiger partial charge in [0, 0.05) is 5.25 Å². The molecule has 2 heterocycles. The van der Waals surface area contributed by atoms with Crippen LogP contribution in [-0.2, 0) is 0 Å². The van der Waals surface area contributed by atoms with Crippen molar-refractivity contribution in [3.63, 3.8) is 0 Å². The standard InChI is InChI=1S/C16H17N3OS2/c1-11(2)22-16-18-17-15(14-9-6-10-21-14)19(16)12-7-4-5-8-13(12)20-3/h4-11H,1-3H3. The van der Waals surface area contributed by atoms with Crippen LogP contribution < -0.4 is 4.74 Å². The summed E-state index contributed by atoms with van der Waals surface area (Å²) in [7, 11) is 1.68. The van der Waals surface area contributed by atoms with Crippen LogP contribution in [0.4, 0.5) is 0 Å². The summed E-state index contributed by atoms with van der Waals surface area (Å²) in [4.78, 5) is 1.09. The second-order valence-electron chi connectivity index (χ2n) is 4.96. The highest BCUT2D eigenvalue weighted by molar-refractivity contribution is 7.99. The highest BCUT2D eigenvalue weighted by Gasteiger charge is 2.19. The molecule has 0 bridgehead atoms. The lowest BCUT2D eigenvalue weighted by atomic mass is 10.3. The van der Waals surface area contributed by atoms with Crippen molar-refractivity contribution < 1.29 is 4.74 Å². The molecular weight excluding hydrogens is 314 g/mol. The average Bonchev–Trinajstić information content (AvgIpc) is 3.15. The molecule has 4 nitrogen and oxygen atoms in total. The summed E-state index contributed by atoms with van der Waals surface area (Å²) < 4.78 is 7.60. The number of ether oxygens (including phenoxy) is 1. The molecule has 0 unspecified atom stereocenters. The van der Waals surface area contributed by atoms with Gasteiger partial charge in [-0.25, -0.2) is 0 Å². The molecule has 22 heavy (non-hydrogen) atoms. The Morgan fingerprint density at radius 1 is 1.14 bits per heavy atom. The second-order valence-corrected chi connectivity index (χ2v) is 7.45. The van der Waals surface area contributed by atoms with Gasteiger partial charge in [0.05, 0.1) is 17.7 Å². The zero-order valence-corrected chi connectivity index (χ0v) is 14.3. The fourth-order valence-corrected chi connectivity index (χ4v) is 3.65. The summed E-state index contributed by atoms with van der Waals surface area (Å²) >= 11 is 3.35. The number of hydrogen-bond donors (Lipinski definition) is 0. The highest BCUT2D eigenvalue weighted by atomic mass is 32.2. The van der Waals surface area contributed by atoms with E-state index < -0.39 is 0 Å². The zero-order chi connectivity index (χ0) is 15.5. The van der Waals surface area contributed by atoms with Gasteiger partial charge in [-0.05, 0) is 23.6 Å². The Morgan fingerprint density at radius 3 is 2.64 bits per heavy atom. The minimum Gasteiger partial charge on any atom is -0.495 e. The highest BCUT2D eigenvalue weighted by Crippen LogP contribution is 2.34. The molecular formula is C16H17N3OS2. The van der Waals surface area contributed by atoms with Gasteiger partial charge in [-0.2, -0.15) is 0 Å². The van der Waals surface area contributed by atoms with Crippen LogP contribution in [0.1, 0.15) is 13.8 Å². The maximum atomic E-state index is 5.52. The summed E-state index contributed by atoms with van der Waals surface area (Å²) in [6.07, 6.45) is 0. The Morgan fingerprint density at radius 2 is 1.95 bits per heavy atom. The molecule has 1 aromatic carbocycles. The summed E-state index contributed by atoms with van der Waals surface area (Å²) in [5, 5.41) is 12.2. The summed E-state index contributed by atoms with van der Waals surface area (Å²) in [6, 6.07) is 12.0. The van der Waals surface area contributed by atoms with Crippen LogP contribution in [-0.4, -0.2) is 27.1 Å². The number of benzene rings is 1. The predicted octanol–water partition coefficient (Wildman–Crippen LogP) is 4.50. The summed E-state index contributed by atoms with van der Waals surface area (Å²) in [5.74, 6) is 1.66. The molecule has 0 saturated carbocycles. The Kier molecular flexibility index (Phi) is 4.49.